The standard InChI is InChI=1S/C22H26N2O2/c1-14(2)20(24-21(25)17-10-6-4-8-15(17)3)22(26)23-19-13-12-16-9-5-7-11-18(16)19/h4-11,14,19-20H,12-13H2,1-3H3,(H,23,26)(H,24,25). The summed E-state index contributed by atoms with van der Waals surface area (Å²) in [5.41, 5.74) is 3.99. The Kier molecular flexibility index (Phi) is 5.40. The normalized spacial score (nSPS) is 16.8. The summed E-state index contributed by atoms with van der Waals surface area (Å²) >= 11 is 0. The molecule has 0 saturated heterocycles. The molecule has 0 aliphatic heterocycles. The van der Waals surface area contributed by atoms with E-state index in [1.54, 1.807) is 6.07 Å². The second-order valence-corrected chi connectivity index (χ2v) is 7.31. The zero-order valence-corrected chi connectivity index (χ0v) is 15.6. The van der Waals surface area contributed by atoms with Crippen LogP contribution in [0, 0.1) is 12.8 Å². The van der Waals surface area contributed by atoms with Gasteiger partial charge in [0, 0.05) is 5.56 Å². The van der Waals surface area contributed by atoms with Crippen molar-refractivity contribution in [1.29, 1.82) is 0 Å². The maximum atomic E-state index is 12.9. The second kappa shape index (κ2) is 7.73. The predicted octanol–water partition coefficient (Wildman–Crippen LogP) is 3.55. The van der Waals surface area contributed by atoms with E-state index in [-0.39, 0.29) is 23.8 Å². The van der Waals surface area contributed by atoms with Crippen molar-refractivity contribution in [2.75, 3.05) is 0 Å². The zero-order valence-electron chi connectivity index (χ0n) is 15.6. The third kappa shape index (κ3) is 3.79. The third-order valence-electron chi connectivity index (χ3n) is 5.07. The molecule has 136 valence electrons. The Bertz CT molecular complexity index is 813. The van der Waals surface area contributed by atoms with Gasteiger partial charge in [-0.15, -0.1) is 0 Å². The van der Waals surface area contributed by atoms with Crippen LogP contribution in [0.3, 0.4) is 0 Å². The molecule has 26 heavy (non-hydrogen) atoms. The lowest BCUT2D eigenvalue weighted by Crippen LogP contribution is -2.50. The van der Waals surface area contributed by atoms with Crippen molar-refractivity contribution < 1.29 is 9.59 Å². The molecule has 0 spiro atoms. The van der Waals surface area contributed by atoms with Gasteiger partial charge in [0.15, 0.2) is 0 Å². The average Bonchev–Trinajstić information content (AvgIpc) is 3.02. The molecule has 0 heterocycles. The highest BCUT2D eigenvalue weighted by atomic mass is 16.2. The lowest BCUT2D eigenvalue weighted by molar-refractivity contribution is -0.124. The van der Waals surface area contributed by atoms with Gasteiger partial charge in [-0.05, 0) is 48.4 Å². The van der Waals surface area contributed by atoms with Gasteiger partial charge in [0.25, 0.3) is 5.91 Å². The molecule has 0 bridgehead atoms. The van der Waals surface area contributed by atoms with E-state index in [9.17, 15) is 9.59 Å². The van der Waals surface area contributed by atoms with Gasteiger partial charge in [-0.25, -0.2) is 0 Å². The highest BCUT2D eigenvalue weighted by Crippen LogP contribution is 2.30. The number of carbonyl (C=O) groups is 2. The van der Waals surface area contributed by atoms with E-state index >= 15 is 0 Å². The van der Waals surface area contributed by atoms with E-state index in [2.05, 4.69) is 22.8 Å². The first-order valence-corrected chi connectivity index (χ1v) is 9.22. The van der Waals surface area contributed by atoms with E-state index in [0.717, 1.165) is 18.4 Å². The van der Waals surface area contributed by atoms with Crippen LogP contribution in [0.1, 0.15) is 53.4 Å². The molecular weight excluding hydrogens is 324 g/mol. The van der Waals surface area contributed by atoms with Crippen LogP contribution >= 0.6 is 0 Å². The number of hydrogen-bond acceptors (Lipinski definition) is 2. The Morgan fingerprint density at radius 2 is 1.73 bits per heavy atom. The maximum absolute atomic E-state index is 12.9. The van der Waals surface area contributed by atoms with E-state index in [0.29, 0.717) is 5.56 Å². The van der Waals surface area contributed by atoms with E-state index < -0.39 is 6.04 Å². The average molecular weight is 350 g/mol. The highest BCUT2D eigenvalue weighted by molar-refractivity contribution is 5.98. The molecule has 0 aromatic heterocycles. The van der Waals surface area contributed by atoms with E-state index in [1.807, 2.05) is 51.1 Å². The number of fused-ring (bicyclic) bond motifs is 1. The number of aryl methyl sites for hydroxylation is 2. The molecule has 2 aromatic carbocycles. The molecule has 0 fully saturated rings. The molecule has 0 radical (unpaired) electrons. The fourth-order valence-electron chi connectivity index (χ4n) is 3.55. The number of amides is 2. The minimum absolute atomic E-state index is 0.000356. The highest BCUT2D eigenvalue weighted by Gasteiger charge is 2.29. The first kappa shape index (κ1) is 18.2. The van der Waals surface area contributed by atoms with Gasteiger partial charge in [-0.3, -0.25) is 9.59 Å². The molecule has 2 unspecified atom stereocenters. The topological polar surface area (TPSA) is 58.2 Å². The van der Waals surface area contributed by atoms with Gasteiger partial charge < -0.3 is 10.6 Å². The number of hydrogen-bond donors (Lipinski definition) is 2. The van der Waals surface area contributed by atoms with Crippen LogP contribution in [0.5, 0.6) is 0 Å². The quantitative estimate of drug-likeness (QED) is 0.866. The molecule has 3 rings (SSSR count). The van der Waals surface area contributed by atoms with Crippen LogP contribution < -0.4 is 10.6 Å². The number of nitrogens with one attached hydrogen (secondary N) is 2. The second-order valence-electron chi connectivity index (χ2n) is 7.31. The smallest absolute Gasteiger partial charge is 0.252 e. The summed E-state index contributed by atoms with van der Waals surface area (Å²) in [4.78, 5) is 25.5. The minimum atomic E-state index is -0.560. The molecule has 2 N–H and O–H groups in total. The van der Waals surface area contributed by atoms with Crippen LogP contribution in [0.4, 0.5) is 0 Å². The molecule has 0 saturated carbocycles. The largest absolute Gasteiger partial charge is 0.347 e. The molecule has 2 aromatic rings. The first-order chi connectivity index (χ1) is 12.5. The fourth-order valence-corrected chi connectivity index (χ4v) is 3.55. The van der Waals surface area contributed by atoms with Gasteiger partial charge >= 0.3 is 0 Å². The van der Waals surface area contributed by atoms with Crippen LogP contribution in [0.15, 0.2) is 48.5 Å². The van der Waals surface area contributed by atoms with Crippen LogP contribution in [0.2, 0.25) is 0 Å². The zero-order chi connectivity index (χ0) is 18.7. The first-order valence-electron chi connectivity index (χ1n) is 9.22. The summed E-state index contributed by atoms with van der Waals surface area (Å²) < 4.78 is 0. The summed E-state index contributed by atoms with van der Waals surface area (Å²) in [6.45, 7) is 5.80. The summed E-state index contributed by atoms with van der Waals surface area (Å²) in [6, 6.07) is 15.1. The minimum Gasteiger partial charge on any atom is -0.347 e. The summed E-state index contributed by atoms with van der Waals surface area (Å²) in [5, 5.41) is 6.05. The monoisotopic (exact) mass is 350 g/mol. The van der Waals surface area contributed by atoms with Crippen molar-refractivity contribution in [2.45, 2.75) is 45.7 Å². The van der Waals surface area contributed by atoms with Crippen molar-refractivity contribution in [1.82, 2.24) is 10.6 Å². The van der Waals surface area contributed by atoms with Crippen molar-refractivity contribution >= 4 is 11.8 Å². The third-order valence-corrected chi connectivity index (χ3v) is 5.07. The maximum Gasteiger partial charge on any atom is 0.252 e. The van der Waals surface area contributed by atoms with Crippen LogP contribution in [0.25, 0.3) is 0 Å². The molecule has 2 amide bonds. The van der Waals surface area contributed by atoms with Crippen molar-refractivity contribution in [3.63, 3.8) is 0 Å². The van der Waals surface area contributed by atoms with Gasteiger partial charge in [0.05, 0.1) is 6.04 Å². The van der Waals surface area contributed by atoms with E-state index in [4.69, 9.17) is 0 Å². The van der Waals surface area contributed by atoms with Crippen molar-refractivity contribution in [3.8, 4) is 0 Å². The lowest BCUT2D eigenvalue weighted by Gasteiger charge is -2.24. The Morgan fingerprint density at radius 3 is 2.46 bits per heavy atom. The molecule has 4 heteroatoms. The lowest BCUT2D eigenvalue weighted by atomic mass is 10.0. The Morgan fingerprint density at radius 1 is 1.04 bits per heavy atom. The van der Waals surface area contributed by atoms with Gasteiger partial charge in [0.1, 0.15) is 6.04 Å². The Labute approximate surface area is 155 Å². The van der Waals surface area contributed by atoms with Crippen molar-refractivity contribution in [3.05, 3.63) is 70.8 Å². The fraction of sp³-hybridized carbons (Fsp3) is 0.364. The van der Waals surface area contributed by atoms with Gasteiger partial charge in [0.2, 0.25) is 5.91 Å². The van der Waals surface area contributed by atoms with Gasteiger partial charge in [-0.1, -0.05) is 56.3 Å². The Hall–Kier alpha value is -2.62. The molecule has 1 aliphatic rings. The SMILES string of the molecule is Cc1ccccc1C(=O)NC(C(=O)NC1CCc2ccccc21)C(C)C. The van der Waals surface area contributed by atoms with Crippen LogP contribution in [-0.2, 0) is 11.2 Å². The molecule has 1 aliphatic carbocycles. The number of carbonyl (C=O) groups excluding carboxylic acids is 2. The summed E-state index contributed by atoms with van der Waals surface area (Å²) in [7, 11) is 0. The number of benzene rings is 2. The number of rotatable bonds is 5. The predicted molar refractivity (Wildman–Crippen MR) is 103 cm³/mol. The summed E-state index contributed by atoms with van der Waals surface area (Å²) in [6.07, 6.45) is 1.88. The Balaban J connectivity index is 1.71. The van der Waals surface area contributed by atoms with E-state index in [1.165, 1.54) is 11.1 Å². The van der Waals surface area contributed by atoms with Gasteiger partial charge in [-0.2, -0.15) is 0 Å². The van der Waals surface area contributed by atoms with Crippen molar-refractivity contribution in [2.24, 2.45) is 5.92 Å². The summed E-state index contributed by atoms with van der Waals surface area (Å²) in [5.74, 6) is -0.327. The molecular formula is C22H26N2O2. The molecule has 2 atom stereocenters. The van der Waals surface area contributed by atoms with Crippen LogP contribution in [-0.4, -0.2) is 17.9 Å². The molecule has 4 nitrogen and oxygen atoms in total.